The highest BCUT2D eigenvalue weighted by Crippen LogP contribution is 2.23. The van der Waals surface area contributed by atoms with Crippen LogP contribution in [0.25, 0.3) is 0 Å². The van der Waals surface area contributed by atoms with Gasteiger partial charge in [-0.1, -0.05) is 18.2 Å². The van der Waals surface area contributed by atoms with Crippen LogP contribution in [0.2, 0.25) is 0 Å². The summed E-state index contributed by atoms with van der Waals surface area (Å²) in [4.78, 5) is 1.36. The predicted octanol–water partition coefficient (Wildman–Crippen LogP) is 3.86. The number of aromatic hydroxyl groups is 1. The van der Waals surface area contributed by atoms with Crippen LogP contribution in [-0.4, -0.2) is 11.7 Å². The topological polar surface area (TPSA) is 32.3 Å². The third-order valence-electron chi connectivity index (χ3n) is 2.81. The van der Waals surface area contributed by atoms with Crippen molar-refractivity contribution in [3.05, 3.63) is 50.1 Å². The molecule has 2 rings (SSSR count). The number of hydrogen-bond acceptors (Lipinski definition) is 3. The largest absolute Gasteiger partial charge is 0.507 e. The first-order valence-corrected chi connectivity index (χ1v) is 7.50. The number of phenolic OH excluding ortho intramolecular Hbond substituents is 1. The number of hydrogen-bond donors (Lipinski definition) is 2. The summed E-state index contributed by atoms with van der Waals surface area (Å²) in [6, 6.07) is 10.1. The lowest BCUT2D eigenvalue weighted by atomic mass is 10.1. The van der Waals surface area contributed by atoms with Gasteiger partial charge in [-0.25, -0.2) is 0 Å². The molecule has 0 saturated heterocycles. The first-order chi connectivity index (χ1) is 8.66. The van der Waals surface area contributed by atoms with Crippen LogP contribution >= 0.6 is 27.3 Å². The van der Waals surface area contributed by atoms with E-state index in [1.165, 1.54) is 8.66 Å². The van der Waals surface area contributed by atoms with Crippen molar-refractivity contribution >= 4 is 27.3 Å². The van der Waals surface area contributed by atoms with Crippen molar-refractivity contribution in [3.8, 4) is 5.75 Å². The Labute approximate surface area is 120 Å². The number of para-hydroxylation sites is 1. The Balaban J connectivity index is 1.80. The van der Waals surface area contributed by atoms with E-state index in [4.69, 9.17) is 0 Å². The standard InChI is InChI=1S/C14H16BrNOS/c1-10-3-2-4-11(14(10)17)9-16-8-7-12-5-6-13(15)18-12/h2-6,16-17H,7-9H2,1H3. The molecular formula is C14H16BrNOS. The summed E-state index contributed by atoms with van der Waals surface area (Å²) in [5.74, 6) is 0.406. The first-order valence-electron chi connectivity index (χ1n) is 5.89. The van der Waals surface area contributed by atoms with Gasteiger partial charge in [0.15, 0.2) is 0 Å². The minimum absolute atomic E-state index is 0.406. The van der Waals surface area contributed by atoms with E-state index in [2.05, 4.69) is 33.4 Å². The molecule has 2 N–H and O–H groups in total. The minimum Gasteiger partial charge on any atom is -0.507 e. The lowest BCUT2D eigenvalue weighted by Crippen LogP contribution is -2.16. The predicted molar refractivity (Wildman–Crippen MR) is 80.3 cm³/mol. The molecule has 0 atom stereocenters. The summed E-state index contributed by atoms with van der Waals surface area (Å²) >= 11 is 5.23. The second-order valence-electron chi connectivity index (χ2n) is 4.22. The fourth-order valence-corrected chi connectivity index (χ4v) is 3.27. The van der Waals surface area contributed by atoms with E-state index in [1.807, 2.05) is 25.1 Å². The average Bonchev–Trinajstić information content (AvgIpc) is 2.76. The molecule has 4 heteroatoms. The molecule has 0 aliphatic rings. The molecule has 0 aliphatic carbocycles. The fraction of sp³-hybridized carbons (Fsp3) is 0.286. The molecular weight excluding hydrogens is 310 g/mol. The van der Waals surface area contributed by atoms with Gasteiger partial charge in [-0.05, 0) is 47.0 Å². The van der Waals surface area contributed by atoms with Gasteiger partial charge in [0.25, 0.3) is 0 Å². The smallest absolute Gasteiger partial charge is 0.122 e. The number of benzene rings is 1. The monoisotopic (exact) mass is 325 g/mol. The lowest BCUT2D eigenvalue weighted by molar-refractivity contribution is 0.460. The van der Waals surface area contributed by atoms with Crippen molar-refractivity contribution < 1.29 is 5.11 Å². The fourth-order valence-electron chi connectivity index (χ4n) is 1.78. The van der Waals surface area contributed by atoms with E-state index in [9.17, 15) is 5.11 Å². The van der Waals surface area contributed by atoms with Gasteiger partial charge in [0.1, 0.15) is 5.75 Å². The zero-order valence-electron chi connectivity index (χ0n) is 10.2. The van der Waals surface area contributed by atoms with Gasteiger partial charge >= 0.3 is 0 Å². The summed E-state index contributed by atoms with van der Waals surface area (Å²) in [5, 5.41) is 13.2. The van der Waals surface area contributed by atoms with Gasteiger partial charge in [0.2, 0.25) is 0 Å². The molecule has 1 aromatic heterocycles. The molecule has 0 unspecified atom stereocenters. The van der Waals surface area contributed by atoms with Gasteiger partial charge in [-0.3, -0.25) is 0 Å². The molecule has 0 fully saturated rings. The molecule has 96 valence electrons. The minimum atomic E-state index is 0.406. The molecule has 0 amide bonds. The van der Waals surface area contributed by atoms with Crippen molar-refractivity contribution in [2.24, 2.45) is 0 Å². The van der Waals surface area contributed by atoms with Gasteiger partial charge in [0, 0.05) is 23.5 Å². The third kappa shape index (κ3) is 3.57. The van der Waals surface area contributed by atoms with Crippen LogP contribution in [-0.2, 0) is 13.0 Å². The van der Waals surface area contributed by atoms with Crippen LogP contribution in [0, 0.1) is 6.92 Å². The van der Waals surface area contributed by atoms with Crippen LogP contribution in [0.4, 0.5) is 0 Å². The van der Waals surface area contributed by atoms with Crippen molar-refractivity contribution in [2.75, 3.05) is 6.54 Å². The van der Waals surface area contributed by atoms with Gasteiger partial charge in [-0.15, -0.1) is 11.3 Å². The zero-order valence-corrected chi connectivity index (χ0v) is 12.6. The molecule has 1 heterocycles. The molecule has 0 spiro atoms. The molecule has 0 radical (unpaired) electrons. The zero-order chi connectivity index (χ0) is 13.0. The van der Waals surface area contributed by atoms with Crippen molar-refractivity contribution in [2.45, 2.75) is 19.9 Å². The molecule has 2 nitrogen and oxygen atoms in total. The van der Waals surface area contributed by atoms with Crippen LogP contribution < -0.4 is 5.32 Å². The van der Waals surface area contributed by atoms with Crippen LogP contribution in [0.5, 0.6) is 5.75 Å². The van der Waals surface area contributed by atoms with E-state index >= 15 is 0 Å². The van der Waals surface area contributed by atoms with E-state index in [1.54, 1.807) is 11.3 Å². The number of phenols is 1. The highest BCUT2D eigenvalue weighted by Gasteiger charge is 2.03. The second-order valence-corrected chi connectivity index (χ2v) is 6.76. The Hall–Kier alpha value is -0.840. The van der Waals surface area contributed by atoms with Gasteiger partial charge in [-0.2, -0.15) is 0 Å². The molecule has 1 aromatic carbocycles. The van der Waals surface area contributed by atoms with Gasteiger partial charge < -0.3 is 10.4 Å². The maximum absolute atomic E-state index is 9.87. The number of aryl methyl sites for hydroxylation is 1. The quantitative estimate of drug-likeness (QED) is 0.818. The van der Waals surface area contributed by atoms with E-state index in [0.717, 1.165) is 24.1 Å². The average molecular weight is 326 g/mol. The Kier molecular flexibility index (Phi) is 4.80. The highest BCUT2D eigenvalue weighted by molar-refractivity contribution is 9.11. The number of nitrogens with one attached hydrogen (secondary N) is 1. The summed E-state index contributed by atoms with van der Waals surface area (Å²) in [6.07, 6.45) is 1.02. The van der Waals surface area contributed by atoms with Crippen molar-refractivity contribution in [1.82, 2.24) is 5.32 Å². The molecule has 0 aliphatic heterocycles. The van der Waals surface area contributed by atoms with Crippen molar-refractivity contribution in [1.29, 1.82) is 0 Å². The Bertz CT molecular complexity index is 524. The maximum atomic E-state index is 9.87. The summed E-state index contributed by atoms with van der Waals surface area (Å²) in [7, 11) is 0. The SMILES string of the molecule is Cc1cccc(CNCCc2ccc(Br)s2)c1O. The molecule has 2 aromatic rings. The van der Waals surface area contributed by atoms with Crippen molar-refractivity contribution in [3.63, 3.8) is 0 Å². The van der Waals surface area contributed by atoms with E-state index in [-0.39, 0.29) is 0 Å². The number of thiophene rings is 1. The number of halogens is 1. The Morgan fingerprint density at radius 1 is 1.28 bits per heavy atom. The second kappa shape index (κ2) is 6.36. The Morgan fingerprint density at radius 3 is 2.83 bits per heavy atom. The maximum Gasteiger partial charge on any atom is 0.122 e. The summed E-state index contributed by atoms with van der Waals surface area (Å²) in [6.45, 7) is 3.54. The molecule has 0 bridgehead atoms. The van der Waals surface area contributed by atoms with E-state index < -0.39 is 0 Å². The highest BCUT2D eigenvalue weighted by atomic mass is 79.9. The summed E-state index contributed by atoms with van der Waals surface area (Å²) in [5.41, 5.74) is 1.89. The summed E-state index contributed by atoms with van der Waals surface area (Å²) < 4.78 is 1.17. The first kappa shape index (κ1) is 13.6. The van der Waals surface area contributed by atoms with E-state index in [0.29, 0.717) is 12.3 Å². The normalized spacial score (nSPS) is 10.8. The van der Waals surface area contributed by atoms with Crippen LogP contribution in [0.15, 0.2) is 34.1 Å². The Morgan fingerprint density at radius 2 is 2.11 bits per heavy atom. The van der Waals surface area contributed by atoms with Crippen LogP contribution in [0.3, 0.4) is 0 Å². The molecule has 0 saturated carbocycles. The van der Waals surface area contributed by atoms with Crippen LogP contribution in [0.1, 0.15) is 16.0 Å². The number of rotatable bonds is 5. The lowest BCUT2D eigenvalue weighted by Gasteiger charge is -2.08. The van der Waals surface area contributed by atoms with Gasteiger partial charge in [0.05, 0.1) is 3.79 Å². The molecule has 18 heavy (non-hydrogen) atoms. The third-order valence-corrected chi connectivity index (χ3v) is 4.50.